The fourth-order valence-electron chi connectivity index (χ4n) is 3.46. The van der Waals surface area contributed by atoms with Crippen molar-refractivity contribution in [2.75, 3.05) is 144 Å². The van der Waals surface area contributed by atoms with Crippen LogP contribution >= 0.6 is 0 Å². The Morgan fingerprint density at radius 3 is 1.26 bits per heavy atom. The minimum atomic E-state index is -0.361. The zero-order chi connectivity index (χ0) is 33.0. The minimum Gasteiger partial charge on any atom is -0.499 e. The highest BCUT2D eigenvalue weighted by Gasteiger charge is 2.06. The Hall–Kier alpha value is -2.33. The summed E-state index contributed by atoms with van der Waals surface area (Å²) >= 11 is 0. The van der Waals surface area contributed by atoms with Crippen molar-refractivity contribution in [2.45, 2.75) is 19.8 Å². The summed E-state index contributed by atoms with van der Waals surface area (Å²) in [6.07, 6.45) is 3.64. The van der Waals surface area contributed by atoms with Crippen LogP contribution in [0.15, 0.2) is 37.1 Å². The normalized spacial score (nSPS) is 11.1. The van der Waals surface area contributed by atoms with Gasteiger partial charge in [-0.3, -0.25) is 0 Å². The fraction of sp³-hybridized carbons (Fsp3) is 0.727. The first-order valence-electron chi connectivity index (χ1n) is 16.2. The largest absolute Gasteiger partial charge is 0.499 e. The van der Waals surface area contributed by atoms with Crippen LogP contribution in [-0.4, -0.2) is 145 Å². The summed E-state index contributed by atoms with van der Waals surface area (Å²) in [6, 6.07) is 7.29. The summed E-state index contributed by atoms with van der Waals surface area (Å²) in [4.78, 5) is 12.1. The maximum absolute atomic E-state index is 12.1. The lowest BCUT2D eigenvalue weighted by Gasteiger charge is -2.09. The van der Waals surface area contributed by atoms with E-state index in [1.54, 1.807) is 12.1 Å². The van der Waals surface area contributed by atoms with Crippen LogP contribution in [0, 0.1) is 0 Å². The summed E-state index contributed by atoms with van der Waals surface area (Å²) in [5.74, 6) is -0.361. The molecule has 13 heteroatoms. The molecule has 0 saturated heterocycles. The molecule has 0 spiro atoms. The van der Waals surface area contributed by atoms with Gasteiger partial charge in [-0.05, 0) is 30.7 Å². The van der Waals surface area contributed by atoms with Crippen molar-refractivity contribution in [3.63, 3.8) is 0 Å². The van der Waals surface area contributed by atoms with E-state index in [9.17, 15) is 4.79 Å². The van der Waals surface area contributed by atoms with Crippen molar-refractivity contribution in [1.82, 2.24) is 0 Å². The molecule has 1 rings (SSSR count). The first-order chi connectivity index (χ1) is 22.8. The molecule has 1 aromatic carbocycles. The van der Waals surface area contributed by atoms with E-state index in [4.69, 9.17) is 52.1 Å². The number of esters is 1. The van der Waals surface area contributed by atoms with Gasteiger partial charge in [0.15, 0.2) is 0 Å². The second kappa shape index (κ2) is 34.0. The molecule has 1 aromatic rings. The number of hydrogen-bond donors (Lipinski definition) is 1. The number of anilines is 1. The minimum absolute atomic E-state index is 0.191. The van der Waals surface area contributed by atoms with Crippen LogP contribution in [0.5, 0.6) is 0 Å². The van der Waals surface area contributed by atoms with E-state index < -0.39 is 0 Å². The quantitative estimate of drug-likeness (QED) is 0.0643. The molecular formula is C33H57NO12. The second-order valence-electron chi connectivity index (χ2n) is 9.54. The molecule has 46 heavy (non-hydrogen) atoms. The lowest BCUT2D eigenvalue weighted by molar-refractivity contribution is -0.0264. The van der Waals surface area contributed by atoms with Crippen molar-refractivity contribution >= 4 is 11.7 Å². The van der Waals surface area contributed by atoms with Crippen molar-refractivity contribution in [2.24, 2.45) is 0 Å². The van der Waals surface area contributed by atoms with Gasteiger partial charge in [0.1, 0.15) is 13.2 Å². The number of unbranched alkanes of at least 4 members (excludes halogenated alkanes) is 1. The van der Waals surface area contributed by atoms with Crippen molar-refractivity contribution in [1.29, 1.82) is 0 Å². The summed E-state index contributed by atoms with van der Waals surface area (Å²) in [5, 5.41) is 3.32. The predicted molar refractivity (Wildman–Crippen MR) is 174 cm³/mol. The molecule has 0 aromatic heterocycles. The Morgan fingerprint density at radius 1 is 0.565 bits per heavy atom. The highest BCUT2D eigenvalue weighted by atomic mass is 16.6. The highest BCUT2D eigenvalue weighted by molar-refractivity contribution is 5.89. The molecule has 0 unspecified atom stereocenters. The summed E-state index contributed by atoms with van der Waals surface area (Å²) in [5.41, 5.74) is 1.51. The van der Waals surface area contributed by atoms with Gasteiger partial charge in [0.05, 0.1) is 131 Å². The van der Waals surface area contributed by atoms with Gasteiger partial charge >= 0.3 is 5.97 Å². The number of hydrogen-bond acceptors (Lipinski definition) is 13. The Balaban J connectivity index is 1.71. The van der Waals surface area contributed by atoms with Crippen LogP contribution in [0.2, 0.25) is 0 Å². The molecule has 0 aliphatic heterocycles. The van der Waals surface area contributed by atoms with Gasteiger partial charge in [-0.2, -0.15) is 0 Å². The van der Waals surface area contributed by atoms with Gasteiger partial charge in [-0.25, -0.2) is 4.79 Å². The molecule has 0 atom stereocenters. The molecule has 266 valence electrons. The molecule has 0 aliphatic carbocycles. The summed E-state index contributed by atoms with van der Waals surface area (Å²) in [6.45, 7) is 15.9. The van der Waals surface area contributed by atoms with Gasteiger partial charge in [-0.15, -0.1) is 0 Å². The van der Waals surface area contributed by atoms with Crippen LogP contribution in [0.1, 0.15) is 30.1 Å². The molecule has 0 aliphatic rings. The average Bonchev–Trinajstić information content (AvgIpc) is 3.07. The Kier molecular flexibility index (Phi) is 30.8. The van der Waals surface area contributed by atoms with Crippen LogP contribution in [0.3, 0.4) is 0 Å². The van der Waals surface area contributed by atoms with Gasteiger partial charge in [0, 0.05) is 12.2 Å². The number of carbonyl (C=O) groups is 1. The first kappa shape index (κ1) is 41.7. The van der Waals surface area contributed by atoms with Gasteiger partial charge in [0.25, 0.3) is 0 Å². The van der Waals surface area contributed by atoms with Crippen LogP contribution < -0.4 is 5.32 Å². The maximum atomic E-state index is 12.1. The van der Waals surface area contributed by atoms with E-state index in [1.165, 1.54) is 6.26 Å². The van der Waals surface area contributed by atoms with E-state index >= 15 is 0 Å². The lowest BCUT2D eigenvalue weighted by atomic mass is 10.2. The van der Waals surface area contributed by atoms with Crippen molar-refractivity contribution < 1.29 is 56.9 Å². The smallest absolute Gasteiger partial charge is 0.338 e. The van der Waals surface area contributed by atoms with E-state index in [0.717, 1.165) is 25.1 Å². The summed E-state index contributed by atoms with van der Waals surface area (Å²) in [7, 11) is 0. The van der Waals surface area contributed by atoms with E-state index in [2.05, 4.69) is 18.8 Å². The molecule has 0 amide bonds. The Bertz CT molecular complexity index is 799. The topological polar surface area (TPSA) is 131 Å². The number of ether oxygens (including phenoxy) is 11. The SMILES string of the molecule is C=COCCOCCOCCOCCOCCOCCOCCOCCOCCOCCOC(=O)c1ccc(NCCCC)cc1. The number of carbonyl (C=O) groups excluding carboxylic acids is 1. The van der Waals surface area contributed by atoms with Crippen molar-refractivity contribution in [3.05, 3.63) is 42.7 Å². The maximum Gasteiger partial charge on any atom is 0.338 e. The first-order valence-corrected chi connectivity index (χ1v) is 16.2. The molecule has 0 heterocycles. The van der Waals surface area contributed by atoms with E-state index in [-0.39, 0.29) is 12.6 Å². The number of benzene rings is 1. The third kappa shape index (κ3) is 27.9. The van der Waals surface area contributed by atoms with Gasteiger partial charge < -0.3 is 57.4 Å². The van der Waals surface area contributed by atoms with E-state index in [1.807, 2.05) is 12.1 Å². The second-order valence-corrected chi connectivity index (χ2v) is 9.54. The lowest BCUT2D eigenvalue weighted by Crippen LogP contribution is -2.15. The zero-order valence-electron chi connectivity index (χ0n) is 27.8. The molecule has 0 bridgehead atoms. The number of nitrogens with one attached hydrogen (secondary N) is 1. The van der Waals surface area contributed by atoms with Gasteiger partial charge in [0.2, 0.25) is 0 Å². The molecule has 0 saturated carbocycles. The third-order valence-corrected chi connectivity index (χ3v) is 5.88. The third-order valence-electron chi connectivity index (χ3n) is 5.88. The predicted octanol–water partition coefficient (Wildman–Crippen LogP) is 3.36. The monoisotopic (exact) mass is 659 g/mol. The molecule has 1 N–H and O–H groups in total. The molecule has 13 nitrogen and oxygen atoms in total. The van der Waals surface area contributed by atoms with Gasteiger partial charge in [-0.1, -0.05) is 19.9 Å². The average molecular weight is 660 g/mol. The zero-order valence-corrected chi connectivity index (χ0v) is 27.8. The van der Waals surface area contributed by atoms with Crippen molar-refractivity contribution in [3.8, 4) is 0 Å². The Labute approximate surface area is 275 Å². The molecule has 0 fully saturated rings. The van der Waals surface area contributed by atoms with Crippen LogP contribution in [0.25, 0.3) is 0 Å². The van der Waals surface area contributed by atoms with E-state index in [0.29, 0.717) is 131 Å². The molecular weight excluding hydrogens is 602 g/mol. The number of rotatable bonds is 36. The standard InChI is InChI=1S/C33H57NO12/c1-3-5-10-34-32-8-6-31(7-9-32)33(35)46-30-29-45-28-27-44-26-25-43-24-23-42-22-21-41-20-19-40-18-17-39-16-15-38-14-13-37-12-11-36-4-2/h4,6-9,34H,2-3,5,10-30H2,1H3. The Morgan fingerprint density at radius 2 is 0.913 bits per heavy atom. The highest BCUT2D eigenvalue weighted by Crippen LogP contribution is 2.10. The summed E-state index contributed by atoms with van der Waals surface area (Å²) < 4.78 is 59.1. The van der Waals surface area contributed by atoms with Crippen LogP contribution in [-0.2, 0) is 52.1 Å². The van der Waals surface area contributed by atoms with Crippen LogP contribution in [0.4, 0.5) is 5.69 Å². The fourth-order valence-corrected chi connectivity index (χ4v) is 3.46. The molecule has 0 radical (unpaired) electrons.